The van der Waals surface area contributed by atoms with Crippen LogP contribution in [0.2, 0.25) is 0 Å². The molecule has 0 spiro atoms. The van der Waals surface area contributed by atoms with E-state index < -0.39 is 5.82 Å². The summed E-state index contributed by atoms with van der Waals surface area (Å²) < 4.78 is 13.7. The summed E-state index contributed by atoms with van der Waals surface area (Å²) in [6.07, 6.45) is 3.51. The number of fused-ring (bicyclic) bond motifs is 1. The number of pyridine rings is 2. The van der Waals surface area contributed by atoms with E-state index in [1.807, 2.05) is 25.1 Å². The van der Waals surface area contributed by atoms with Crippen LogP contribution < -0.4 is 5.32 Å². The molecule has 3 aromatic rings. The van der Waals surface area contributed by atoms with E-state index in [0.717, 1.165) is 31.6 Å². The van der Waals surface area contributed by atoms with Gasteiger partial charge >= 0.3 is 0 Å². The summed E-state index contributed by atoms with van der Waals surface area (Å²) in [5, 5.41) is 13.0. The standard InChI is InChI=1S/C21H18FN5O/c1-13-4-6-16-19(26-15-5-7-18(22)14(10-15)11-23)17(12-24-20(16)25-13)21(28)27-8-2-3-9-27/h4-7,10,12H,2-3,8-9H2,1H3,(H,24,25,26). The summed E-state index contributed by atoms with van der Waals surface area (Å²) >= 11 is 0. The predicted molar refractivity (Wildman–Crippen MR) is 104 cm³/mol. The second kappa shape index (κ2) is 7.24. The van der Waals surface area contributed by atoms with Gasteiger partial charge in [-0.15, -0.1) is 0 Å². The number of anilines is 2. The molecule has 140 valence electrons. The third kappa shape index (κ3) is 3.25. The number of nitriles is 1. The molecule has 1 amide bonds. The van der Waals surface area contributed by atoms with Gasteiger partial charge in [-0.05, 0) is 50.1 Å². The van der Waals surface area contributed by atoms with Crippen molar-refractivity contribution in [2.45, 2.75) is 19.8 Å². The average Bonchev–Trinajstić information content (AvgIpc) is 3.23. The smallest absolute Gasteiger partial charge is 0.257 e. The molecule has 6 nitrogen and oxygen atoms in total. The van der Waals surface area contributed by atoms with Gasteiger partial charge in [0.05, 0.1) is 16.8 Å². The summed E-state index contributed by atoms with van der Waals surface area (Å²) in [5.74, 6) is -0.684. The molecule has 1 N–H and O–H groups in total. The number of aryl methyl sites for hydroxylation is 1. The molecule has 3 heterocycles. The number of hydrogen-bond acceptors (Lipinski definition) is 5. The lowest BCUT2D eigenvalue weighted by atomic mass is 10.1. The van der Waals surface area contributed by atoms with Crippen LogP contribution in [-0.4, -0.2) is 33.9 Å². The normalized spacial score (nSPS) is 13.5. The largest absolute Gasteiger partial charge is 0.354 e. The number of carbonyl (C=O) groups excluding carboxylic acids is 1. The van der Waals surface area contributed by atoms with Crippen molar-refractivity contribution in [1.29, 1.82) is 5.26 Å². The van der Waals surface area contributed by atoms with Crippen molar-refractivity contribution in [3.05, 3.63) is 59.2 Å². The third-order valence-electron chi connectivity index (χ3n) is 4.85. The summed E-state index contributed by atoms with van der Waals surface area (Å²) in [6.45, 7) is 3.31. The van der Waals surface area contributed by atoms with Crippen LogP contribution >= 0.6 is 0 Å². The molecule has 1 aromatic carbocycles. The number of aromatic nitrogens is 2. The molecular weight excluding hydrogens is 357 g/mol. The van der Waals surface area contributed by atoms with Crippen molar-refractivity contribution in [2.75, 3.05) is 18.4 Å². The molecular formula is C21H18FN5O. The summed E-state index contributed by atoms with van der Waals surface area (Å²) in [6, 6.07) is 9.74. The third-order valence-corrected chi connectivity index (χ3v) is 4.85. The lowest BCUT2D eigenvalue weighted by Gasteiger charge is -2.19. The molecule has 1 aliphatic heterocycles. The van der Waals surface area contributed by atoms with E-state index in [1.165, 1.54) is 24.4 Å². The first-order chi connectivity index (χ1) is 13.6. The van der Waals surface area contributed by atoms with Gasteiger partial charge in [-0.3, -0.25) is 4.79 Å². The van der Waals surface area contributed by atoms with E-state index in [2.05, 4.69) is 15.3 Å². The number of benzene rings is 1. The lowest BCUT2D eigenvalue weighted by molar-refractivity contribution is 0.0793. The van der Waals surface area contributed by atoms with Crippen molar-refractivity contribution >= 4 is 28.3 Å². The van der Waals surface area contributed by atoms with Crippen LogP contribution in [0.3, 0.4) is 0 Å². The monoisotopic (exact) mass is 375 g/mol. The van der Waals surface area contributed by atoms with Crippen molar-refractivity contribution in [3.63, 3.8) is 0 Å². The minimum Gasteiger partial charge on any atom is -0.354 e. The highest BCUT2D eigenvalue weighted by Crippen LogP contribution is 2.31. The van der Waals surface area contributed by atoms with Gasteiger partial charge in [-0.25, -0.2) is 14.4 Å². The van der Waals surface area contributed by atoms with Gasteiger partial charge in [0.1, 0.15) is 11.9 Å². The number of nitrogens with one attached hydrogen (secondary N) is 1. The maximum atomic E-state index is 13.7. The molecule has 1 fully saturated rings. The van der Waals surface area contributed by atoms with Crippen molar-refractivity contribution in [1.82, 2.24) is 14.9 Å². The van der Waals surface area contributed by atoms with Gasteiger partial charge in [-0.1, -0.05) is 0 Å². The highest BCUT2D eigenvalue weighted by atomic mass is 19.1. The molecule has 7 heteroatoms. The zero-order valence-electron chi connectivity index (χ0n) is 15.4. The minimum absolute atomic E-state index is 0.0650. The number of amides is 1. The van der Waals surface area contributed by atoms with Crippen LogP contribution in [0.4, 0.5) is 15.8 Å². The highest BCUT2D eigenvalue weighted by molar-refractivity contribution is 6.07. The van der Waals surface area contributed by atoms with Crippen molar-refractivity contribution in [2.24, 2.45) is 0 Å². The SMILES string of the molecule is Cc1ccc2c(Nc3ccc(F)c(C#N)c3)c(C(=O)N3CCCC3)cnc2n1. The second-order valence-corrected chi connectivity index (χ2v) is 6.80. The maximum absolute atomic E-state index is 13.7. The molecule has 0 bridgehead atoms. The molecule has 0 radical (unpaired) electrons. The molecule has 0 aliphatic carbocycles. The maximum Gasteiger partial charge on any atom is 0.257 e. The predicted octanol–water partition coefficient (Wildman–Crippen LogP) is 3.93. The average molecular weight is 375 g/mol. The van der Waals surface area contributed by atoms with Crippen LogP contribution in [0, 0.1) is 24.1 Å². The topological polar surface area (TPSA) is 81.9 Å². The summed E-state index contributed by atoms with van der Waals surface area (Å²) in [7, 11) is 0. The fourth-order valence-corrected chi connectivity index (χ4v) is 3.39. The quantitative estimate of drug-likeness (QED) is 0.750. The van der Waals surface area contributed by atoms with Gasteiger partial charge in [0.2, 0.25) is 0 Å². The van der Waals surface area contributed by atoms with Crippen LogP contribution in [0.5, 0.6) is 0 Å². The Morgan fingerprint density at radius 3 is 2.79 bits per heavy atom. The van der Waals surface area contributed by atoms with Crippen LogP contribution in [-0.2, 0) is 0 Å². The van der Waals surface area contributed by atoms with E-state index in [0.29, 0.717) is 28.0 Å². The molecule has 1 aliphatic rings. The van der Waals surface area contributed by atoms with Gasteiger partial charge < -0.3 is 10.2 Å². The molecule has 0 unspecified atom stereocenters. The summed E-state index contributed by atoms with van der Waals surface area (Å²) in [5.41, 5.74) is 2.78. The first-order valence-electron chi connectivity index (χ1n) is 9.09. The zero-order valence-corrected chi connectivity index (χ0v) is 15.4. The molecule has 28 heavy (non-hydrogen) atoms. The molecule has 4 rings (SSSR count). The van der Waals surface area contributed by atoms with Gasteiger partial charge in [0.15, 0.2) is 5.65 Å². The molecule has 0 saturated carbocycles. The van der Waals surface area contributed by atoms with Crippen LogP contribution in [0.1, 0.15) is 34.5 Å². The Bertz CT molecular complexity index is 1120. The Morgan fingerprint density at radius 2 is 2.04 bits per heavy atom. The summed E-state index contributed by atoms with van der Waals surface area (Å²) in [4.78, 5) is 23.7. The van der Waals surface area contributed by atoms with E-state index in [4.69, 9.17) is 5.26 Å². The Balaban J connectivity index is 1.84. The minimum atomic E-state index is -0.585. The van der Waals surface area contributed by atoms with Gasteiger partial charge in [-0.2, -0.15) is 5.26 Å². The highest BCUT2D eigenvalue weighted by Gasteiger charge is 2.24. The first kappa shape index (κ1) is 17.9. The Morgan fingerprint density at radius 1 is 1.25 bits per heavy atom. The van der Waals surface area contributed by atoms with E-state index in [1.54, 1.807) is 4.90 Å². The Labute approximate surface area is 161 Å². The van der Waals surface area contributed by atoms with E-state index in [9.17, 15) is 9.18 Å². The molecule has 2 aromatic heterocycles. The van der Waals surface area contributed by atoms with E-state index in [-0.39, 0.29) is 11.5 Å². The van der Waals surface area contributed by atoms with Crippen molar-refractivity contribution < 1.29 is 9.18 Å². The zero-order chi connectivity index (χ0) is 19.7. The Kier molecular flexibility index (Phi) is 4.62. The Hall–Kier alpha value is -3.53. The van der Waals surface area contributed by atoms with Crippen LogP contribution in [0.25, 0.3) is 11.0 Å². The fourth-order valence-electron chi connectivity index (χ4n) is 3.39. The fraction of sp³-hybridized carbons (Fsp3) is 0.238. The lowest BCUT2D eigenvalue weighted by Crippen LogP contribution is -2.28. The number of likely N-dealkylation sites (tertiary alicyclic amines) is 1. The van der Waals surface area contributed by atoms with Gasteiger partial charge in [0, 0.05) is 36.1 Å². The second-order valence-electron chi connectivity index (χ2n) is 6.80. The number of rotatable bonds is 3. The van der Waals surface area contributed by atoms with Crippen molar-refractivity contribution in [3.8, 4) is 6.07 Å². The van der Waals surface area contributed by atoms with Crippen LogP contribution in [0.15, 0.2) is 36.5 Å². The number of carbonyl (C=O) groups is 1. The first-order valence-corrected chi connectivity index (χ1v) is 9.09. The number of nitrogens with zero attached hydrogens (tertiary/aromatic N) is 4. The van der Waals surface area contributed by atoms with E-state index >= 15 is 0 Å². The molecule has 0 atom stereocenters. The van der Waals surface area contributed by atoms with Gasteiger partial charge in [0.25, 0.3) is 5.91 Å². The number of halogens is 1. The molecule has 1 saturated heterocycles. The number of hydrogen-bond donors (Lipinski definition) is 1.